The Labute approximate surface area is 132 Å². The van der Waals surface area contributed by atoms with Crippen molar-refractivity contribution in [2.24, 2.45) is 5.92 Å². The Morgan fingerprint density at radius 1 is 1.23 bits per heavy atom. The van der Waals surface area contributed by atoms with Gasteiger partial charge in [0.1, 0.15) is 5.51 Å². The van der Waals surface area contributed by atoms with Gasteiger partial charge in [0.05, 0.1) is 12.0 Å². The fraction of sp³-hybridized carbons (Fsp3) is 0.600. The summed E-state index contributed by atoms with van der Waals surface area (Å²) in [6, 6.07) is 1.73. The van der Waals surface area contributed by atoms with E-state index in [-0.39, 0.29) is 5.56 Å². The zero-order valence-corrected chi connectivity index (χ0v) is 13.2. The van der Waals surface area contributed by atoms with Gasteiger partial charge in [-0.1, -0.05) is 11.3 Å². The second-order valence-corrected chi connectivity index (χ2v) is 7.04. The highest BCUT2D eigenvalue weighted by Crippen LogP contribution is 2.38. The van der Waals surface area contributed by atoms with Crippen LogP contribution < -0.4 is 10.5 Å². The predicted octanol–water partition coefficient (Wildman–Crippen LogP) is 1.89. The molecular weight excluding hydrogens is 298 g/mol. The van der Waals surface area contributed by atoms with Crippen LogP contribution in [0.2, 0.25) is 0 Å². The lowest BCUT2D eigenvalue weighted by molar-refractivity contribution is 0.350. The molecule has 3 heterocycles. The summed E-state index contributed by atoms with van der Waals surface area (Å²) in [7, 11) is 0. The number of aromatic nitrogens is 4. The van der Waals surface area contributed by atoms with Gasteiger partial charge in [0.2, 0.25) is 5.13 Å². The average molecular weight is 317 g/mol. The van der Waals surface area contributed by atoms with Gasteiger partial charge in [-0.15, -0.1) is 10.2 Å². The summed E-state index contributed by atoms with van der Waals surface area (Å²) in [5.74, 6) is 1.08. The molecular formula is C15H19N5OS. The Kier molecular flexibility index (Phi) is 3.65. The van der Waals surface area contributed by atoms with Crippen LogP contribution >= 0.6 is 11.3 Å². The highest BCUT2D eigenvalue weighted by atomic mass is 32.1. The van der Waals surface area contributed by atoms with Crippen LogP contribution in [-0.4, -0.2) is 32.8 Å². The molecule has 116 valence electrons. The van der Waals surface area contributed by atoms with Crippen LogP contribution in [0, 0.1) is 5.92 Å². The van der Waals surface area contributed by atoms with Crippen LogP contribution in [0.1, 0.15) is 37.3 Å². The standard InChI is InChI=1S/C15H19N5OS/c21-14-7-13(12-1-2-12)16-9-20(14)8-11-3-5-19(6-4-11)15-18-17-10-22-15/h7,9-12H,1-6,8H2. The molecule has 1 aliphatic heterocycles. The average Bonchev–Trinajstić information content (AvgIpc) is 3.25. The Bertz CT molecular complexity index is 686. The molecule has 2 aromatic heterocycles. The lowest BCUT2D eigenvalue weighted by Crippen LogP contribution is -2.36. The van der Waals surface area contributed by atoms with Crippen molar-refractivity contribution in [1.82, 2.24) is 19.7 Å². The molecule has 0 spiro atoms. The van der Waals surface area contributed by atoms with Crippen molar-refractivity contribution >= 4 is 16.5 Å². The molecule has 1 saturated carbocycles. The third-order valence-corrected chi connectivity index (χ3v) is 5.34. The van der Waals surface area contributed by atoms with E-state index in [1.54, 1.807) is 33.8 Å². The zero-order valence-electron chi connectivity index (χ0n) is 12.4. The van der Waals surface area contributed by atoms with E-state index in [0.29, 0.717) is 11.8 Å². The first-order chi connectivity index (χ1) is 10.8. The molecule has 0 bridgehead atoms. The molecule has 0 amide bonds. The van der Waals surface area contributed by atoms with Crippen LogP contribution in [0.15, 0.2) is 22.7 Å². The largest absolute Gasteiger partial charge is 0.347 e. The second kappa shape index (κ2) is 5.79. The fourth-order valence-corrected chi connectivity index (χ4v) is 3.68. The Morgan fingerprint density at radius 2 is 2.05 bits per heavy atom. The Hall–Kier alpha value is -1.76. The van der Waals surface area contributed by atoms with Crippen LogP contribution in [0.4, 0.5) is 5.13 Å². The van der Waals surface area contributed by atoms with Gasteiger partial charge < -0.3 is 4.90 Å². The SMILES string of the molecule is O=c1cc(C2CC2)ncn1CC1CCN(c2nncs2)CC1. The smallest absolute Gasteiger partial charge is 0.253 e. The number of nitrogens with zero attached hydrogens (tertiary/aromatic N) is 5. The van der Waals surface area contributed by atoms with Crippen LogP contribution in [-0.2, 0) is 6.54 Å². The predicted molar refractivity (Wildman–Crippen MR) is 85.3 cm³/mol. The molecule has 0 atom stereocenters. The van der Waals surface area contributed by atoms with E-state index in [0.717, 1.165) is 43.3 Å². The molecule has 22 heavy (non-hydrogen) atoms. The summed E-state index contributed by atoms with van der Waals surface area (Å²) in [5, 5.41) is 9.03. The molecule has 2 aromatic rings. The summed E-state index contributed by atoms with van der Waals surface area (Å²) in [6.07, 6.45) is 6.26. The quantitative estimate of drug-likeness (QED) is 0.861. The topological polar surface area (TPSA) is 63.9 Å². The van der Waals surface area contributed by atoms with E-state index in [9.17, 15) is 4.79 Å². The second-order valence-electron chi connectivity index (χ2n) is 6.23. The van der Waals surface area contributed by atoms with E-state index >= 15 is 0 Å². The molecule has 6 nitrogen and oxygen atoms in total. The molecule has 2 fully saturated rings. The zero-order chi connectivity index (χ0) is 14.9. The van der Waals surface area contributed by atoms with Gasteiger partial charge in [0.15, 0.2) is 0 Å². The number of rotatable bonds is 4. The van der Waals surface area contributed by atoms with Gasteiger partial charge in [-0.25, -0.2) is 4.98 Å². The van der Waals surface area contributed by atoms with Crippen LogP contribution in [0.25, 0.3) is 0 Å². The molecule has 0 unspecified atom stereocenters. The van der Waals surface area contributed by atoms with Crippen LogP contribution in [0.3, 0.4) is 0 Å². The summed E-state index contributed by atoms with van der Waals surface area (Å²) in [4.78, 5) is 18.9. The molecule has 4 rings (SSSR count). The molecule has 0 radical (unpaired) electrons. The third kappa shape index (κ3) is 2.90. The van der Waals surface area contributed by atoms with Crippen molar-refractivity contribution in [2.75, 3.05) is 18.0 Å². The van der Waals surface area contributed by atoms with E-state index in [2.05, 4.69) is 20.1 Å². The molecule has 7 heteroatoms. The number of hydrogen-bond acceptors (Lipinski definition) is 6. The van der Waals surface area contributed by atoms with Gasteiger partial charge >= 0.3 is 0 Å². The fourth-order valence-electron chi connectivity index (χ4n) is 3.07. The van der Waals surface area contributed by atoms with Crippen molar-refractivity contribution in [3.63, 3.8) is 0 Å². The van der Waals surface area contributed by atoms with Gasteiger partial charge in [0.25, 0.3) is 5.56 Å². The van der Waals surface area contributed by atoms with E-state index < -0.39 is 0 Å². The minimum Gasteiger partial charge on any atom is -0.347 e. The Balaban J connectivity index is 1.37. The Morgan fingerprint density at radius 3 is 2.68 bits per heavy atom. The van der Waals surface area contributed by atoms with Crippen molar-refractivity contribution in [2.45, 2.75) is 38.1 Å². The van der Waals surface area contributed by atoms with Gasteiger partial charge in [-0.3, -0.25) is 9.36 Å². The monoisotopic (exact) mass is 317 g/mol. The molecule has 2 aliphatic rings. The van der Waals surface area contributed by atoms with Gasteiger partial charge in [-0.2, -0.15) is 0 Å². The number of anilines is 1. The highest BCUT2D eigenvalue weighted by Gasteiger charge is 2.26. The number of piperidine rings is 1. The van der Waals surface area contributed by atoms with Crippen molar-refractivity contribution < 1.29 is 0 Å². The first-order valence-electron chi connectivity index (χ1n) is 7.87. The molecule has 1 saturated heterocycles. The first-order valence-corrected chi connectivity index (χ1v) is 8.75. The van der Waals surface area contributed by atoms with Gasteiger partial charge in [-0.05, 0) is 31.6 Å². The third-order valence-electron chi connectivity index (χ3n) is 4.58. The first kappa shape index (κ1) is 13.9. The van der Waals surface area contributed by atoms with E-state index in [1.165, 1.54) is 12.8 Å². The highest BCUT2D eigenvalue weighted by molar-refractivity contribution is 7.13. The lowest BCUT2D eigenvalue weighted by Gasteiger charge is -2.31. The molecule has 1 aliphatic carbocycles. The van der Waals surface area contributed by atoms with Crippen molar-refractivity contribution in [1.29, 1.82) is 0 Å². The normalized spacial score (nSPS) is 19.5. The maximum atomic E-state index is 12.2. The molecule has 0 N–H and O–H groups in total. The summed E-state index contributed by atoms with van der Waals surface area (Å²) in [5.41, 5.74) is 2.85. The lowest BCUT2D eigenvalue weighted by atomic mass is 9.97. The maximum Gasteiger partial charge on any atom is 0.253 e. The maximum absolute atomic E-state index is 12.2. The van der Waals surface area contributed by atoms with Crippen LogP contribution in [0.5, 0.6) is 0 Å². The summed E-state index contributed by atoms with van der Waals surface area (Å²) in [6.45, 7) is 2.76. The molecule has 0 aromatic carbocycles. The minimum absolute atomic E-state index is 0.100. The van der Waals surface area contributed by atoms with Crippen molar-refractivity contribution in [3.05, 3.63) is 34.0 Å². The van der Waals surface area contributed by atoms with Crippen molar-refractivity contribution in [3.8, 4) is 0 Å². The van der Waals surface area contributed by atoms with Gasteiger partial charge in [0, 0.05) is 31.6 Å². The number of hydrogen-bond donors (Lipinski definition) is 0. The summed E-state index contributed by atoms with van der Waals surface area (Å²) >= 11 is 1.59. The van der Waals surface area contributed by atoms with E-state index in [1.807, 2.05) is 0 Å². The summed E-state index contributed by atoms with van der Waals surface area (Å²) < 4.78 is 1.77. The minimum atomic E-state index is 0.100. The van der Waals surface area contributed by atoms with E-state index in [4.69, 9.17) is 0 Å².